The molecule has 2 nitrogen and oxygen atoms in total. The van der Waals surface area contributed by atoms with Crippen LogP contribution in [0.2, 0.25) is 0 Å². The van der Waals surface area contributed by atoms with Gasteiger partial charge in [0.2, 0.25) is 0 Å². The van der Waals surface area contributed by atoms with Gasteiger partial charge in [0.15, 0.2) is 0 Å². The van der Waals surface area contributed by atoms with E-state index in [2.05, 4.69) is 31.9 Å². The summed E-state index contributed by atoms with van der Waals surface area (Å²) in [5, 5.41) is 0. The minimum atomic E-state index is 1.11. The lowest BCUT2D eigenvalue weighted by atomic mass is 10.2. The molecule has 1 aliphatic heterocycles. The Hall–Kier alpha value is -0.570. The number of hydrogen-bond donors (Lipinski definition) is 0. The normalized spacial score (nSPS) is 17.9. The van der Waals surface area contributed by atoms with E-state index in [9.17, 15) is 0 Å². The maximum atomic E-state index is 4.42. The highest BCUT2D eigenvalue weighted by molar-refractivity contribution is 9.10. The Morgan fingerprint density at radius 2 is 1.86 bits per heavy atom. The van der Waals surface area contributed by atoms with Gasteiger partial charge in [0.25, 0.3) is 0 Å². The fraction of sp³-hybridized carbons (Fsp3) is 0.545. The fourth-order valence-corrected chi connectivity index (χ4v) is 2.40. The van der Waals surface area contributed by atoms with Gasteiger partial charge < -0.3 is 4.90 Å². The third kappa shape index (κ3) is 2.27. The molecule has 0 aromatic carbocycles. The van der Waals surface area contributed by atoms with Crippen molar-refractivity contribution >= 4 is 21.7 Å². The molecule has 14 heavy (non-hydrogen) atoms. The lowest BCUT2D eigenvalue weighted by molar-refractivity contribution is 0.726. The van der Waals surface area contributed by atoms with Gasteiger partial charge in [-0.05, 0) is 40.9 Å². The number of pyridine rings is 1. The summed E-state index contributed by atoms with van der Waals surface area (Å²) >= 11 is 3.55. The number of halogens is 1. The van der Waals surface area contributed by atoms with Crippen LogP contribution in [0.4, 0.5) is 5.82 Å². The molecule has 0 atom stereocenters. The van der Waals surface area contributed by atoms with E-state index in [4.69, 9.17) is 0 Å². The smallest absolute Gasteiger partial charge is 0.142 e. The van der Waals surface area contributed by atoms with Crippen molar-refractivity contribution in [1.29, 1.82) is 0 Å². The Labute approximate surface area is 93.5 Å². The molecule has 3 heteroatoms. The summed E-state index contributed by atoms with van der Waals surface area (Å²) < 4.78 is 1.11. The van der Waals surface area contributed by atoms with E-state index in [-0.39, 0.29) is 0 Å². The van der Waals surface area contributed by atoms with E-state index < -0.39 is 0 Å². The van der Waals surface area contributed by atoms with Gasteiger partial charge in [0.1, 0.15) is 5.82 Å². The van der Waals surface area contributed by atoms with Crippen LogP contribution < -0.4 is 4.90 Å². The second-order valence-electron chi connectivity index (χ2n) is 3.71. The van der Waals surface area contributed by atoms with Gasteiger partial charge >= 0.3 is 0 Å². The average molecular weight is 255 g/mol. The molecule has 0 spiro atoms. The van der Waals surface area contributed by atoms with Crippen molar-refractivity contribution in [2.75, 3.05) is 18.0 Å². The summed E-state index contributed by atoms with van der Waals surface area (Å²) in [6, 6.07) is 4.03. The molecule has 0 saturated carbocycles. The van der Waals surface area contributed by atoms with Crippen molar-refractivity contribution in [3.8, 4) is 0 Å². The van der Waals surface area contributed by atoms with E-state index >= 15 is 0 Å². The molecule has 0 unspecified atom stereocenters. The quantitative estimate of drug-likeness (QED) is 0.765. The maximum absolute atomic E-state index is 4.42. The minimum absolute atomic E-state index is 1.11. The van der Waals surface area contributed by atoms with Gasteiger partial charge in [-0.3, -0.25) is 0 Å². The van der Waals surface area contributed by atoms with Crippen molar-refractivity contribution in [1.82, 2.24) is 4.98 Å². The Bertz CT molecular complexity index is 293. The van der Waals surface area contributed by atoms with E-state index in [1.165, 1.54) is 25.7 Å². The zero-order valence-electron chi connectivity index (χ0n) is 8.25. The molecule has 1 saturated heterocycles. The molecule has 2 rings (SSSR count). The Morgan fingerprint density at radius 1 is 1.14 bits per heavy atom. The summed E-state index contributed by atoms with van der Waals surface area (Å²) in [4.78, 5) is 6.81. The monoisotopic (exact) mass is 254 g/mol. The first-order valence-corrected chi connectivity index (χ1v) is 6.03. The topological polar surface area (TPSA) is 16.1 Å². The predicted octanol–water partition coefficient (Wildman–Crippen LogP) is 3.22. The van der Waals surface area contributed by atoms with E-state index in [0.29, 0.717) is 0 Å². The molecule has 1 aromatic rings. The van der Waals surface area contributed by atoms with Crippen molar-refractivity contribution in [3.05, 3.63) is 22.8 Å². The van der Waals surface area contributed by atoms with Gasteiger partial charge in [-0.2, -0.15) is 0 Å². The first-order chi connectivity index (χ1) is 6.88. The number of anilines is 1. The zero-order valence-corrected chi connectivity index (χ0v) is 9.83. The van der Waals surface area contributed by atoms with Crippen LogP contribution in [-0.4, -0.2) is 18.1 Å². The predicted molar refractivity (Wildman–Crippen MR) is 62.6 cm³/mol. The standard InChI is InChI=1S/C11H15BrN2/c12-10-6-5-7-13-11(10)14-8-3-1-2-4-9-14/h5-7H,1-4,8-9H2. The van der Waals surface area contributed by atoms with Crippen LogP contribution in [-0.2, 0) is 0 Å². The van der Waals surface area contributed by atoms with Crippen molar-refractivity contribution in [3.63, 3.8) is 0 Å². The molecule has 0 amide bonds. The number of hydrogen-bond acceptors (Lipinski definition) is 2. The SMILES string of the molecule is Brc1cccnc1N1CCCCCC1. The van der Waals surface area contributed by atoms with E-state index in [0.717, 1.165) is 23.4 Å². The molecule has 0 N–H and O–H groups in total. The molecular weight excluding hydrogens is 240 g/mol. The van der Waals surface area contributed by atoms with Gasteiger partial charge in [0, 0.05) is 19.3 Å². The van der Waals surface area contributed by atoms with Crippen molar-refractivity contribution in [2.24, 2.45) is 0 Å². The molecular formula is C11H15BrN2. The molecule has 1 aliphatic rings. The largest absolute Gasteiger partial charge is 0.356 e. The van der Waals surface area contributed by atoms with Crippen LogP contribution in [0, 0.1) is 0 Å². The molecule has 0 bridgehead atoms. The Balaban J connectivity index is 2.16. The van der Waals surface area contributed by atoms with Crippen LogP contribution in [0.25, 0.3) is 0 Å². The summed E-state index contributed by atoms with van der Waals surface area (Å²) in [6.07, 6.45) is 7.18. The zero-order chi connectivity index (χ0) is 9.80. The molecule has 0 aliphatic carbocycles. The van der Waals surface area contributed by atoms with E-state index in [1.807, 2.05) is 12.3 Å². The van der Waals surface area contributed by atoms with Gasteiger partial charge in [-0.25, -0.2) is 4.98 Å². The lowest BCUT2D eigenvalue weighted by Crippen LogP contribution is -2.25. The number of rotatable bonds is 1. The van der Waals surface area contributed by atoms with E-state index in [1.54, 1.807) is 0 Å². The molecule has 1 aromatic heterocycles. The number of nitrogens with zero attached hydrogens (tertiary/aromatic N) is 2. The second-order valence-corrected chi connectivity index (χ2v) is 4.56. The van der Waals surface area contributed by atoms with Gasteiger partial charge in [-0.1, -0.05) is 12.8 Å². The first-order valence-electron chi connectivity index (χ1n) is 5.23. The fourth-order valence-electron chi connectivity index (χ4n) is 1.89. The average Bonchev–Trinajstić information content (AvgIpc) is 2.47. The second kappa shape index (κ2) is 4.78. The highest BCUT2D eigenvalue weighted by atomic mass is 79.9. The number of aromatic nitrogens is 1. The highest BCUT2D eigenvalue weighted by Gasteiger charge is 2.12. The highest BCUT2D eigenvalue weighted by Crippen LogP contribution is 2.25. The van der Waals surface area contributed by atoms with Crippen LogP contribution in [0.1, 0.15) is 25.7 Å². The van der Waals surface area contributed by atoms with Crippen LogP contribution >= 0.6 is 15.9 Å². The maximum Gasteiger partial charge on any atom is 0.142 e. The lowest BCUT2D eigenvalue weighted by Gasteiger charge is -2.22. The summed E-state index contributed by atoms with van der Waals surface area (Å²) in [6.45, 7) is 2.30. The third-order valence-electron chi connectivity index (χ3n) is 2.64. The molecule has 1 fully saturated rings. The Kier molecular flexibility index (Phi) is 3.40. The Morgan fingerprint density at radius 3 is 2.50 bits per heavy atom. The summed E-state index contributed by atoms with van der Waals surface area (Å²) in [7, 11) is 0. The summed E-state index contributed by atoms with van der Waals surface area (Å²) in [5.41, 5.74) is 0. The molecule has 76 valence electrons. The van der Waals surface area contributed by atoms with Crippen molar-refractivity contribution in [2.45, 2.75) is 25.7 Å². The third-order valence-corrected chi connectivity index (χ3v) is 3.26. The van der Waals surface area contributed by atoms with Gasteiger partial charge in [0.05, 0.1) is 4.47 Å². The van der Waals surface area contributed by atoms with Crippen LogP contribution in [0.3, 0.4) is 0 Å². The van der Waals surface area contributed by atoms with Gasteiger partial charge in [-0.15, -0.1) is 0 Å². The van der Waals surface area contributed by atoms with Crippen molar-refractivity contribution < 1.29 is 0 Å². The minimum Gasteiger partial charge on any atom is -0.356 e. The van der Waals surface area contributed by atoms with Crippen LogP contribution in [0.5, 0.6) is 0 Å². The van der Waals surface area contributed by atoms with Crippen LogP contribution in [0.15, 0.2) is 22.8 Å². The molecule has 2 heterocycles. The first kappa shape index (κ1) is 9.97. The molecule has 0 radical (unpaired) electrons. The summed E-state index contributed by atoms with van der Waals surface area (Å²) in [5.74, 6) is 1.11.